The fourth-order valence-corrected chi connectivity index (χ4v) is 3.48. The van der Waals surface area contributed by atoms with Crippen LogP contribution in [0.25, 0.3) is 0 Å². The molecule has 0 atom stereocenters. The van der Waals surface area contributed by atoms with E-state index in [1.165, 1.54) is 10.6 Å². The predicted octanol–water partition coefficient (Wildman–Crippen LogP) is 0.511. The highest BCUT2D eigenvalue weighted by Gasteiger charge is 2.26. The highest BCUT2D eigenvalue weighted by molar-refractivity contribution is 7.92. The van der Waals surface area contributed by atoms with Gasteiger partial charge < -0.3 is 10.6 Å². The van der Waals surface area contributed by atoms with Crippen LogP contribution in [0.15, 0.2) is 18.2 Å². The van der Waals surface area contributed by atoms with Crippen molar-refractivity contribution < 1.29 is 18.0 Å². The van der Waals surface area contributed by atoms with E-state index < -0.39 is 10.0 Å². The largest absolute Gasteiger partial charge is 0.354 e. The standard InChI is InChI=1S/C16H23N3O4S/c1-11(2)15(20)17-7-8-18-16(21)13-4-5-14-12(10-13)6-9-19(14)24(3,22)23/h4-5,10-11H,6-9H2,1-3H3,(H,17,20)(H,18,21). The molecule has 1 aromatic carbocycles. The summed E-state index contributed by atoms with van der Waals surface area (Å²) in [6, 6.07) is 5.01. The van der Waals surface area contributed by atoms with Crippen LogP contribution < -0.4 is 14.9 Å². The Hall–Kier alpha value is -2.09. The van der Waals surface area contributed by atoms with Crippen molar-refractivity contribution in [2.24, 2.45) is 5.92 Å². The van der Waals surface area contributed by atoms with Gasteiger partial charge in [0.25, 0.3) is 5.91 Å². The lowest BCUT2D eigenvalue weighted by molar-refractivity contribution is -0.123. The van der Waals surface area contributed by atoms with Gasteiger partial charge in [0, 0.05) is 31.1 Å². The van der Waals surface area contributed by atoms with Gasteiger partial charge in [0.15, 0.2) is 0 Å². The van der Waals surface area contributed by atoms with E-state index in [1.54, 1.807) is 32.0 Å². The number of nitrogens with zero attached hydrogens (tertiary/aromatic N) is 1. The molecule has 1 heterocycles. The van der Waals surface area contributed by atoms with Crippen LogP contribution in [0.3, 0.4) is 0 Å². The molecule has 0 aromatic heterocycles. The van der Waals surface area contributed by atoms with E-state index in [4.69, 9.17) is 0 Å². The zero-order valence-corrected chi connectivity index (χ0v) is 14.9. The summed E-state index contributed by atoms with van der Waals surface area (Å²) in [6.07, 6.45) is 1.77. The Morgan fingerprint density at radius 1 is 1.21 bits per heavy atom. The number of anilines is 1. The maximum absolute atomic E-state index is 12.1. The van der Waals surface area contributed by atoms with Crippen molar-refractivity contribution in [1.82, 2.24) is 10.6 Å². The molecule has 0 bridgehead atoms. The lowest BCUT2D eigenvalue weighted by atomic mass is 10.1. The topological polar surface area (TPSA) is 95.6 Å². The first kappa shape index (κ1) is 18.3. The lowest BCUT2D eigenvalue weighted by Gasteiger charge is -2.16. The number of nitrogens with one attached hydrogen (secondary N) is 2. The second kappa shape index (κ2) is 7.21. The highest BCUT2D eigenvalue weighted by atomic mass is 32.2. The molecule has 0 saturated carbocycles. The molecule has 2 N–H and O–H groups in total. The van der Waals surface area contributed by atoms with Crippen molar-refractivity contribution in [3.63, 3.8) is 0 Å². The van der Waals surface area contributed by atoms with Gasteiger partial charge in [-0.2, -0.15) is 0 Å². The summed E-state index contributed by atoms with van der Waals surface area (Å²) in [4.78, 5) is 23.6. The van der Waals surface area contributed by atoms with Crippen LogP contribution in [0.2, 0.25) is 0 Å². The summed E-state index contributed by atoms with van der Waals surface area (Å²) in [5.41, 5.74) is 1.97. The molecule has 0 radical (unpaired) electrons. The van der Waals surface area contributed by atoms with E-state index in [0.29, 0.717) is 37.3 Å². The van der Waals surface area contributed by atoms with Crippen molar-refractivity contribution in [2.45, 2.75) is 20.3 Å². The summed E-state index contributed by atoms with van der Waals surface area (Å²) in [5.74, 6) is -0.382. The minimum absolute atomic E-state index is 0.0531. The summed E-state index contributed by atoms with van der Waals surface area (Å²) in [6.45, 7) is 4.72. The third-order valence-electron chi connectivity index (χ3n) is 3.83. The average Bonchev–Trinajstić information content (AvgIpc) is 2.94. The maximum atomic E-state index is 12.1. The first-order chi connectivity index (χ1) is 11.2. The smallest absolute Gasteiger partial charge is 0.251 e. The Morgan fingerprint density at radius 3 is 2.50 bits per heavy atom. The SMILES string of the molecule is CC(C)C(=O)NCCNC(=O)c1ccc2c(c1)CCN2S(C)(=O)=O. The summed E-state index contributed by atoms with van der Waals surface area (Å²) >= 11 is 0. The highest BCUT2D eigenvalue weighted by Crippen LogP contribution is 2.30. The van der Waals surface area contributed by atoms with Gasteiger partial charge in [-0.15, -0.1) is 0 Å². The average molecular weight is 353 g/mol. The van der Waals surface area contributed by atoms with E-state index in [2.05, 4.69) is 10.6 Å². The zero-order valence-electron chi connectivity index (χ0n) is 14.1. The first-order valence-corrected chi connectivity index (χ1v) is 9.71. The van der Waals surface area contributed by atoms with Crippen molar-refractivity contribution in [3.8, 4) is 0 Å². The normalized spacial score (nSPS) is 13.8. The van der Waals surface area contributed by atoms with E-state index in [1.807, 2.05) is 0 Å². The second-order valence-corrected chi connectivity index (χ2v) is 8.04. The van der Waals surface area contributed by atoms with Gasteiger partial charge in [0.1, 0.15) is 0 Å². The number of amides is 2. The van der Waals surface area contributed by atoms with Crippen molar-refractivity contribution in [2.75, 3.05) is 30.2 Å². The molecule has 1 aliphatic heterocycles. The number of fused-ring (bicyclic) bond motifs is 1. The Kier molecular flexibility index (Phi) is 5.48. The molecule has 1 aliphatic rings. The maximum Gasteiger partial charge on any atom is 0.251 e. The van der Waals surface area contributed by atoms with Gasteiger partial charge in [-0.3, -0.25) is 13.9 Å². The number of benzene rings is 1. The van der Waals surface area contributed by atoms with Crippen LogP contribution in [0.4, 0.5) is 5.69 Å². The number of carbonyl (C=O) groups is 2. The van der Waals surface area contributed by atoms with E-state index >= 15 is 0 Å². The number of rotatable bonds is 6. The Bertz CT molecular complexity index is 744. The van der Waals surface area contributed by atoms with Gasteiger partial charge >= 0.3 is 0 Å². The van der Waals surface area contributed by atoms with Crippen LogP contribution in [0.5, 0.6) is 0 Å². The van der Waals surface area contributed by atoms with Gasteiger partial charge in [-0.05, 0) is 30.2 Å². The minimum Gasteiger partial charge on any atom is -0.354 e. The van der Waals surface area contributed by atoms with E-state index in [9.17, 15) is 18.0 Å². The van der Waals surface area contributed by atoms with Gasteiger partial charge in [-0.25, -0.2) is 8.42 Å². The molecular weight excluding hydrogens is 330 g/mol. The predicted molar refractivity (Wildman–Crippen MR) is 92.5 cm³/mol. The number of sulfonamides is 1. The zero-order chi connectivity index (χ0) is 17.9. The molecule has 0 aliphatic carbocycles. The fourth-order valence-electron chi connectivity index (χ4n) is 2.53. The molecule has 0 spiro atoms. The third-order valence-corrected chi connectivity index (χ3v) is 5.01. The van der Waals surface area contributed by atoms with E-state index in [-0.39, 0.29) is 17.7 Å². The molecule has 0 saturated heterocycles. The molecule has 2 rings (SSSR count). The van der Waals surface area contributed by atoms with Crippen molar-refractivity contribution >= 4 is 27.5 Å². The van der Waals surface area contributed by atoms with Crippen molar-refractivity contribution in [1.29, 1.82) is 0 Å². The minimum atomic E-state index is -3.29. The molecule has 0 unspecified atom stereocenters. The lowest BCUT2D eigenvalue weighted by Crippen LogP contribution is -2.36. The van der Waals surface area contributed by atoms with Crippen LogP contribution in [-0.4, -0.2) is 46.1 Å². The van der Waals surface area contributed by atoms with Crippen LogP contribution >= 0.6 is 0 Å². The number of carbonyl (C=O) groups excluding carboxylic acids is 2. The summed E-state index contributed by atoms with van der Waals surface area (Å²) < 4.78 is 24.8. The number of hydrogen-bond donors (Lipinski definition) is 2. The van der Waals surface area contributed by atoms with Crippen LogP contribution in [0, 0.1) is 5.92 Å². The molecule has 7 nitrogen and oxygen atoms in total. The Morgan fingerprint density at radius 2 is 1.88 bits per heavy atom. The second-order valence-electron chi connectivity index (χ2n) is 6.13. The quantitative estimate of drug-likeness (QED) is 0.729. The molecular formula is C16H23N3O4S. The monoisotopic (exact) mass is 353 g/mol. The Balaban J connectivity index is 1.94. The number of hydrogen-bond acceptors (Lipinski definition) is 4. The summed E-state index contributed by atoms with van der Waals surface area (Å²) in [7, 11) is -3.29. The van der Waals surface area contributed by atoms with Gasteiger partial charge in [0.05, 0.1) is 11.9 Å². The van der Waals surface area contributed by atoms with Gasteiger partial charge in [0.2, 0.25) is 15.9 Å². The van der Waals surface area contributed by atoms with Gasteiger partial charge in [-0.1, -0.05) is 13.8 Å². The van der Waals surface area contributed by atoms with Crippen LogP contribution in [0.1, 0.15) is 29.8 Å². The summed E-state index contributed by atoms with van der Waals surface area (Å²) in [5, 5.41) is 5.47. The Labute approximate surface area is 142 Å². The molecule has 0 fully saturated rings. The van der Waals surface area contributed by atoms with Crippen molar-refractivity contribution in [3.05, 3.63) is 29.3 Å². The molecule has 8 heteroatoms. The molecule has 132 valence electrons. The van der Waals surface area contributed by atoms with E-state index in [0.717, 1.165) is 5.56 Å². The molecule has 2 amide bonds. The van der Waals surface area contributed by atoms with Crippen LogP contribution in [-0.2, 0) is 21.2 Å². The molecule has 24 heavy (non-hydrogen) atoms. The third kappa shape index (κ3) is 4.25. The molecule has 1 aromatic rings. The first-order valence-electron chi connectivity index (χ1n) is 7.86. The fraction of sp³-hybridized carbons (Fsp3) is 0.500.